The lowest BCUT2D eigenvalue weighted by Gasteiger charge is -2.16. The molecule has 1 aliphatic rings. The van der Waals surface area contributed by atoms with Gasteiger partial charge in [0, 0.05) is 6.54 Å². The molecular formula is C17H21NOS2. The van der Waals surface area contributed by atoms with Gasteiger partial charge < -0.3 is 0 Å². The molecule has 1 fully saturated rings. The number of nitrogens with zero attached hydrogens (tertiary/aromatic N) is 1. The van der Waals surface area contributed by atoms with Crippen LogP contribution in [0, 0.1) is 5.92 Å². The SMILES string of the molecule is CC(C)CN1C(=O)/C(=C/c2ccc(C(C)C)cc2)SC1=S. The van der Waals surface area contributed by atoms with Crippen molar-refractivity contribution in [2.24, 2.45) is 5.92 Å². The highest BCUT2D eigenvalue weighted by atomic mass is 32.2. The molecule has 0 saturated carbocycles. The van der Waals surface area contributed by atoms with Gasteiger partial charge in [-0.15, -0.1) is 0 Å². The van der Waals surface area contributed by atoms with Crippen LogP contribution in [0.4, 0.5) is 0 Å². The van der Waals surface area contributed by atoms with Crippen LogP contribution in [-0.2, 0) is 4.79 Å². The minimum Gasteiger partial charge on any atom is -0.293 e. The first kappa shape index (κ1) is 16.2. The predicted molar refractivity (Wildman–Crippen MR) is 95.2 cm³/mol. The van der Waals surface area contributed by atoms with Gasteiger partial charge in [0.25, 0.3) is 5.91 Å². The lowest BCUT2D eigenvalue weighted by atomic mass is 10.0. The summed E-state index contributed by atoms with van der Waals surface area (Å²) in [4.78, 5) is 14.8. The van der Waals surface area contributed by atoms with Gasteiger partial charge in [-0.2, -0.15) is 0 Å². The highest BCUT2D eigenvalue weighted by molar-refractivity contribution is 8.26. The van der Waals surface area contributed by atoms with Crippen LogP contribution in [0.25, 0.3) is 6.08 Å². The number of amides is 1. The molecule has 1 saturated heterocycles. The van der Waals surface area contributed by atoms with E-state index in [9.17, 15) is 4.79 Å². The quantitative estimate of drug-likeness (QED) is 0.594. The number of thiocarbonyl (C=S) groups is 1. The van der Waals surface area contributed by atoms with E-state index < -0.39 is 0 Å². The van der Waals surface area contributed by atoms with Crippen molar-refractivity contribution in [1.82, 2.24) is 4.90 Å². The van der Waals surface area contributed by atoms with Gasteiger partial charge in [0.05, 0.1) is 4.91 Å². The van der Waals surface area contributed by atoms with Crippen molar-refractivity contribution in [3.8, 4) is 0 Å². The molecule has 0 radical (unpaired) electrons. The van der Waals surface area contributed by atoms with Crippen molar-refractivity contribution in [3.63, 3.8) is 0 Å². The van der Waals surface area contributed by atoms with Crippen molar-refractivity contribution in [1.29, 1.82) is 0 Å². The maximum atomic E-state index is 12.4. The van der Waals surface area contributed by atoms with Crippen LogP contribution in [0.15, 0.2) is 29.2 Å². The summed E-state index contributed by atoms with van der Waals surface area (Å²) in [5.41, 5.74) is 2.35. The molecule has 1 aromatic rings. The molecule has 1 aliphatic heterocycles. The van der Waals surface area contributed by atoms with Gasteiger partial charge in [-0.3, -0.25) is 9.69 Å². The number of thioether (sulfide) groups is 1. The summed E-state index contributed by atoms with van der Waals surface area (Å²) in [7, 11) is 0. The van der Waals surface area contributed by atoms with E-state index in [1.165, 1.54) is 17.3 Å². The summed E-state index contributed by atoms with van der Waals surface area (Å²) < 4.78 is 0.666. The molecule has 2 rings (SSSR count). The third kappa shape index (κ3) is 3.95. The van der Waals surface area contributed by atoms with Crippen molar-refractivity contribution >= 4 is 40.3 Å². The van der Waals surface area contributed by atoms with E-state index in [0.29, 0.717) is 22.7 Å². The molecule has 0 atom stereocenters. The van der Waals surface area contributed by atoms with Crippen LogP contribution in [0.1, 0.15) is 44.7 Å². The Balaban J connectivity index is 2.18. The van der Waals surface area contributed by atoms with E-state index >= 15 is 0 Å². The molecule has 21 heavy (non-hydrogen) atoms. The Hall–Kier alpha value is -1.13. The monoisotopic (exact) mass is 319 g/mol. The first-order valence-corrected chi connectivity index (χ1v) is 8.46. The Kier molecular flexibility index (Phi) is 5.22. The Bertz CT molecular complexity index is 573. The number of hydrogen-bond donors (Lipinski definition) is 0. The number of carbonyl (C=O) groups is 1. The maximum absolute atomic E-state index is 12.4. The Morgan fingerprint density at radius 1 is 1.19 bits per heavy atom. The highest BCUT2D eigenvalue weighted by Gasteiger charge is 2.32. The summed E-state index contributed by atoms with van der Waals surface area (Å²) in [5, 5.41) is 0. The summed E-state index contributed by atoms with van der Waals surface area (Å²) in [6, 6.07) is 8.35. The van der Waals surface area contributed by atoms with E-state index in [0.717, 1.165) is 10.5 Å². The average molecular weight is 319 g/mol. The van der Waals surface area contributed by atoms with E-state index in [-0.39, 0.29) is 5.91 Å². The molecule has 0 aromatic heterocycles. The number of rotatable bonds is 4. The van der Waals surface area contributed by atoms with Gasteiger partial charge in [0.15, 0.2) is 0 Å². The molecule has 1 aromatic carbocycles. The standard InChI is InChI=1S/C17H21NOS2/c1-11(2)10-18-16(19)15(21-17(18)20)9-13-5-7-14(8-6-13)12(3)4/h5-9,11-12H,10H2,1-4H3/b15-9-. The molecule has 2 nitrogen and oxygen atoms in total. The summed E-state index contributed by atoms with van der Waals surface area (Å²) in [5.74, 6) is 0.965. The van der Waals surface area contributed by atoms with E-state index in [1.54, 1.807) is 4.90 Å². The van der Waals surface area contributed by atoms with E-state index in [4.69, 9.17) is 12.2 Å². The molecule has 0 spiro atoms. The second-order valence-electron chi connectivity index (χ2n) is 6.01. The van der Waals surface area contributed by atoms with Gasteiger partial charge in [-0.05, 0) is 29.0 Å². The highest BCUT2D eigenvalue weighted by Crippen LogP contribution is 2.33. The molecule has 1 amide bonds. The molecule has 4 heteroatoms. The first-order chi connectivity index (χ1) is 9.88. The molecule has 0 aliphatic carbocycles. The number of carbonyl (C=O) groups excluding carboxylic acids is 1. The van der Waals surface area contributed by atoms with Crippen LogP contribution >= 0.6 is 24.0 Å². The Morgan fingerprint density at radius 2 is 1.81 bits per heavy atom. The van der Waals surface area contributed by atoms with Crippen LogP contribution in [0.2, 0.25) is 0 Å². The lowest BCUT2D eigenvalue weighted by Crippen LogP contribution is -2.31. The molecule has 1 heterocycles. The average Bonchev–Trinajstić information content (AvgIpc) is 2.67. The van der Waals surface area contributed by atoms with Crippen LogP contribution in [0.5, 0.6) is 0 Å². The fourth-order valence-corrected chi connectivity index (χ4v) is 3.43. The third-order valence-corrected chi connectivity index (χ3v) is 4.70. The van der Waals surface area contributed by atoms with Gasteiger partial charge in [-0.25, -0.2) is 0 Å². The fourth-order valence-electron chi connectivity index (χ4n) is 2.15. The molecule has 112 valence electrons. The zero-order valence-corrected chi connectivity index (χ0v) is 14.6. The zero-order valence-electron chi connectivity index (χ0n) is 12.9. The van der Waals surface area contributed by atoms with Crippen molar-refractivity contribution in [2.45, 2.75) is 33.6 Å². The molecule has 0 bridgehead atoms. The minimum absolute atomic E-state index is 0.0339. The van der Waals surface area contributed by atoms with Crippen LogP contribution in [0.3, 0.4) is 0 Å². The van der Waals surface area contributed by atoms with E-state index in [2.05, 4.69) is 52.0 Å². The van der Waals surface area contributed by atoms with Gasteiger partial charge >= 0.3 is 0 Å². The van der Waals surface area contributed by atoms with Gasteiger partial charge in [0.2, 0.25) is 0 Å². The van der Waals surface area contributed by atoms with Crippen LogP contribution < -0.4 is 0 Å². The van der Waals surface area contributed by atoms with Crippen molar-refractivity contribution in [2.75, 3.05) is 6.54 Å². The van der Waals surface area contributed by atoms with Crippen LogP contribution in [-0.4, -0.2) is 21.7 Å². The first-order valence-electron chi connectivity index (χ1n) is 7.23. The topological polar surface area (TPSA) is 20.3 Å². The Morgan fingerprint density at radius 3 is 2.33 bits per heavy atom. The molecular weight excluding hydrogens is 298 g/mol. The van der Waals surface area contributed by atoms with Gasteiger partial charge in [0.1, 0.15) is 4.32 Å². The smallest absolute Gasteiger partial charge is 0.266 e. The predicted octanol–water partition coefficient (Wildman–Crippen LogP) is 4.67. The second kappa shape index (κ2) is 6.75. The largest absolute Gasteiger partial charge is 0.293 e. The number of hydrogen-bond acceptors (Lipinski definition) is 3. The van der Waals surface area contributed by atoms with Crippen molar-refractivity contribution < 1.29 is 4.79 Å². The molecule has 0 N–H and O–H groups in total. The lowest BCUT2D eigenvalue weighted by molar-refractivity contribution is -0.122. The Labute approximate surface area is 136 Å². The van der Waals surface area contributed by atoms with E-state index in [1.807, 2.05) is 6.08 Å². The maximum Gasteiger partial charge on any atom is 0.266 e. The normalized spacial score (nSPS) is 17.6. The summed E-state index contributed by atoms with van der Waals surface area (Å²) >= 11 is 6.71. The summed E-state index contributed by atoms with van der Waals surface area (Å²) in [6.45, 7) is 9.21. The molecule has 0 unspecified atom stereocenters. The van der Waals surface area contributed by atoms with Crippen molar-refractivity contribution in [3.05, 3.63) is 40.3 Å². The minimum atomic E-state index is 0.0339. The fraction of sp³-hybridized carbons (Fsp3) is 0.412. The third-order valence-electron chi connectivity index (χ3n) is 3.32. The zero-order chi connectivity index (χ0) is 15.6. The number of benzene rings is 1. The van der Waals surface area contributed by atoms with Gasteiger partial charge in [-0.1, -0.05) is 75.9 Å². The summed E-state index contributed by atoms with van der Waals surface area (Å²) in [6.07, 6.45) is 1.93. The second-order valence-corrected chi connectivity index (χ2v) is 7.68.